The summed E-state index contributed by atoms with van der Waals surface area (Å²) in [5, 5.41) is 38.4. The Labute approximate surface area is 177 Å². The van der Waals surface area contributed by atoms with Gasteiger partial charge in [0.05, 0.1) is 0 Å². The van der Waals surface area contributed by atoms with Crippen molar-refractivity contribution in [3.63, 3.8) is 0 Å². The highest BCUT2D eigenvalue weighted by atomic mass is 15.1. The molecule has 0 aliphatic rings. The maximum atomic E-state index is 9.61. The van der Waals surface area contributed by atoms with Crippen molar-refractivity contribution in [1.82, 2.24) is 0 Å². The molecule has 0 N–H and O–H groups in total. The molecule has 0 spiro atoms. The second-order valence-corrected chi connectivity index (χ2v) is 6.83. The minimum absolute atomic E-state index is 0.165. The van der Waals surface area contributed by atoms with Crippen LogP contribution in [0.25, 0.3) is 11.1 Å². The van der Waals surface area contributed by atoms with Crippen molar-refractivity contribution in [1.29, 1.82) is 21.0 Å². The summed E-state index contributed by atoms with van der Waals surface area (Å²) in [5.41, 5.74) is 3.24. The summed E-state index contributed by atoms with van der Waals surface area (Å²) in [6.45, 7) is 0. The summed E-state index contributed by atoms with van der Waals surface area (Å²) in [7, 11) is 7.62. The first-order chi connectivity index (χ1) is 14.4. The SMILES string of the molecule is CN(C)c1ccc(C(=C(C#N)C#N)C(=C(C#N)C#N)c2ccc(N(C)C)cc2)cc1. The van der Waals surface area contributed by atoms with Crippen molar-refractivity contribution < 1.29 is 0 Å². The number of benzene rings is 2. The van der Waals surface area contributed by atoms with E-state index >= 15 is 0 Å². The molecule has 0 bridgehead atoms. The van der Waals surface area contributed by atoms with Crippen LogP contribution in [-0.2, 0) is 0 Å². The zero-order valence-corrected chi connectivity index (χ0v) is 17.3. The molecule has 0 aliphatic heterocycles. The third-order valence-electron chi connectivity index (χ3n) is 4.54. The highest BCUT2D eigenvalue weighted by Gasteiger charge is 2.21. The Morgan fingerprint density at radius 1 is 0.533 bits per heavy atom. The second-order valence-electron chi connectivity index (χ2n) is 6.83. The van der Waals surface area contributed by atoms with Gasteiger partial charge in [0.15, 0.2) is 0 Å². The molecular weight excluding hydrogens is 372 g/mol. The lowest BCUT2D eigenvalue weighted by Crippen LogP contribution is -2.09. The van der Waals surface area contributed by atoms with Crippen LogP contribution in [-0.4, -0.2) is 28.2 Å². The Morgan fingerprint density at radius 2 is 0.800 bits per heavy atom. The molecule has 0 aliphatic carbocycles. The maximum absolute atomic E-state index is 9.61. The summed E-state index contributed by atoms with van der Waals surface area (Å²) in [6.07, 6.45) is 0. The third-order valence-corrected chi connectivity index (χ3v) is 4.54. The Balaban J connectivity index is 2.86. The van der Waals surface area contributed by atoms with E-state index in [0.717, 1.165) is 11.4 Å². The third kappa shape index (κ3) is 4.48. The van der Waals surface area contributed by atoms with E-state index in [1.54, 1.807) is 24.3 Å². The van der Waals surface area contributed by atoms with Gasteiger partial charge in [0.2, 0.25) is 0 Å². The Morgan fingerprint density at radius 3 is 1.00 bits per heavy atom. The van der Waals surface area contributed by atoms with Gasteiger partial charge in [0, 0.05) is 50.7 Å². The standard InChI is InChI=1S/C24H20N6/c1-29(2)21-9-5-17(6-10-21)23(19(13-25)14-26)24(20(15-27)16-28)18-7-11-22(12-8-18)30(3)4/h5-12H,1-4H3. The van der Waals surface area contributed by atoms with E-state index < -0.39 is 0 Å². The molecule has 0 heterocycles. The topological polar surface area (TPSA) is 102 Å². The lowest BCUT2D eigenvalue weighted by molar-refractivity contribution is 1.13. The number of rotatable bonds is 5. The van der Waals surface area contributed by atoms with Gasteiger partial charge in [-0.3, -0.25) is 0 Å². The fourth-order valence-electron chi connectivity index (χ4n) is 2.95. The molecular formula is C24H20N6. The summed E-state index contributed by atoms with van der Waals surface area (Å²) >= 11 is 0. The molecule has 2 aromatic rings. The zero-order valence-electron chi connectivity index (χ0n) is 17.3. The van der Waals surface area contributed by atoms with Crippen molar-refractivity contribution in [2.24, 2.45) is 0 Å². The molecule has 0 unspecified atom stereocenters. The summed E-state index contributed by atoms with van der Waals surface area (Å²) < 4.78 is 0. The Kier molecular flexibility index (Phi) is 6.97. The minimum atomic E-state index is -0.165. The zero-order chi connectivity index (χ0) is 22.3. The van der Waals surface area contributed by atoms with Gasteiger partial charge < -0.3 is 9.80 Å². The predicted molar refractivity (Wildman–Crippen MR) is 118 cm³/mol. The van der Waals surface area contributed by atoms with E-state index in [2.05, 4.69) is 0 Å². The van der Waals surface area contributed by atoms with Crippen LogP contribution < -0.4 is 9.80 Å². The van der Waals surface area contributed by atoms with Crippen LogP contribution in [0.3, 0.4) is 0 Å². The fraction of sp³-hybridized carbons (Fsp3) is 0.167. The summed E-state index contributed by atoms with van der Waals surface area (Å²) in [5.74, 6) is 0. The van der Waals surface area contributed by atoms with Crippen LogP contribution >= 0.6 is 0 Å². The number of hydrogen-bond donors (Lipinski definition) is 0. The van der Waals surface area contributed by atoms with Gasteiger partial charge >= 0.3 is 0 Å². The molecule has 2 aromatic carbocycles. The molecule has 0 aromatic heterocycles. The van der Waals surface area contributed by atoms with E-state index in [-0.39, 0.29) is 22.3 Å². The van der Waals surface area contributed by atoms with Crippen molar-refractivity contribution in [3.8, 4) is 24.3 Å². The van der Waals surface area contributed by atoms with Crippen molar-refractivity contribution in [3.05, 3.63) is 70.8 Å². The average molecular weight is 392 g/mol. The van der Waals surface area contributed by atoms with Gasteiger partial charge in [-0.1, -0.05) is 24.3 Å². The van der Waals surface area contributed by atoms with Gasteiger partial charge in [0.1, 0.15) is 35.4 Å². The Hall–Kier alpha value is -4.52. The maximum Gasteiger partial charge on any atom is 0.138 e. The summed E-state index contributed by atoms with van der Waals surface area (Å²) in [6, 6.07) is 22.2. The first kappa shape index (κ1) is 21.8. The van der Waals surface area contributed by atoms with Crippen LogP contribution in [0, 0.1) is 45.3 Å². The highest BCUT2D eigenvalue weighted by Crippen LogP contribution is 2.37. The molecule has 30 heavy (non-hydrogen) atoms. The molecule has 0 saturated carbocycles. The van der Waals surface area contributed by atoms with Crippen LogP contribution in [0.4, 0.5) is 11.4 Å². The van der Waals surface area contributed by atoms with E-state index in [4.69, 9.17) is 0 Å². The fourth-order valence-corrected chi connectivity index (χ4v) is 2.95. The first-order valence-electron chi connectivity index (χ1n) is 9.02. The van der Waals surface area contributed by atoms with Gasteiger partial charge in [-0.2, -0.15) is 21.0 Å². The second kappa shape index (κ2) is 9.61. The molecule has 0 saturated heterocycles. The highest BCUT2D eigenvalue weighted by molar-refractivity contribution is 6.11. The lowest BCUT2D eigenvalue weighted by atomic mass is 9.86. The molecule has 0 amide bonds. The van der Waals surface area contributed by atoms with Crippen LogP contribution in [0.15, 0.2) is 59.7 Å². The van der Waals surface area contributed by atoms with E-state index in [9.17, 15) is 21.0 Å². The number of allylic oxidation sites excluding steroid dienone is 4. The van der Waals surface area contributed by atoms with Gasteiger partial charge in [-0.15, -0.1) is 0 Å². The van der Waals surface area contributed by atoms with Crippen molar-refractivity contribution >= 4 is 22.5 Å². The normalized spacial score (nSPS) is 9.20. The molecule has 0 fully saturated rings. The van der Waals surface area contributed by atoms with Gasteiger partial charge in [-0.05, 0) is 35.4 Å². The van der Waals surface area contributed by atoms with Crippen LogP contribution in [0.1, 0.15) is 11.1 Å². The number of nitrogens with zero attached hydrogens (tertiary/aromatic N) is 6. The van der Waals surface area contributed by atoms with E-state index in [1.165, 1.54) is 0 Å². The number of nitriles is 4. The molecule has 0 radical (unpaired) electrons. The van der Waals surface area contributed by atoms with E-state index in [0.29, 0.717) is 11.1 Å². The Bertz CT molecular complexity index is 1030. The smallest absolute Gasteiger partial charge is 0.138 e. The van der Waals surface area contributed by atoms with Gasteiger partial charge in [0.25, 0.3) is 0 Å². The quantitative estimate of drug-likeness (QED) is 0.560. The molecule has 6 heteroatoms. The minimum Gasteiger partial charge on any atom is -0.378 e. The predicted octanol–water partition coefficient (Wildman–Crippen LogP) is 4.12. The van der Waals surface area contributed by atoms with Crippen LogP contribution in [0.5, 0.6) is 0 Å². The first-order valence-corrected chi connectivity index (χ1v) is 9.02. The number of anilines is 2. The average Bonchev–Trinajstić information content (AvgIpc) is 2.76. The molecule has 146 valence electrons. The largest absolute Gasteiger partial charge is 0.378 e. The lowest BCUT2D eigenvalue weighted by Gasteiger charge is -2.18. The molecule has 6 nitrogen and oxygen atoms in total. The molecule has 0 atom stereocenters. The van der Waals surface area contributed by atoms with Gasteiger partial charge in [-0.25, -0.2) is 0 Å². The summed E-state index contributed by atoms with van der Waals surface area (Å²) in [4.78, 5) is 3.85. The monoisotopic (exact) mass is 392 g/mol. The molecule has 2 rings (SSSR count). The van der Waals surface area contributed by atoms with Crippen LogP contribution in [0.2, 0.25) is 0 Å². The van der Waals surface area contributed by atoms with E-state index in [1.807, 2.05) is 86.5 Å². The number of hydrogen-bond acceptors (Lipinski definition) is 6. The van der Waals surface area contributed by atoms with Crippen molar-refractivity contribution in [2.45, 2.75) is 0 Å². The van der Waals surface area contributed by atoms with Crippen molar-refractivity contribution in [2.75, 3.05) is 38.0 Å².